The van der Waals surface area contributed by atoms with Gasteiger partial charge in [-0.15, -0.1) is 10.2 Å². The van der Waals surface area contributed by atoms with E-state index in [1.807, 2.05) is 31.2 Å². The van der Waals surface area contributed by atoms with Crippen LogP contribution in [-0.2, 0) is 0 Å². The summed E-state index contributed by atoms with van der Waals surface area (Å²) < 4.78 is 6.64. The van der Waals surface area contributed by atoms with Crippen molar-refractivity contribution < 1.29 is 9.84 Å². The number of aromatic nitrogens is 2. The monoisotopic (exact) mass is 320 g/mol. The molecule has 0 saturated carbocycles. The van der Waals surface area contributed by atoms with Crippen molar-refractivity contribution in [2.24, 2.45) is 0 Å². The number of aryl methyl sites for hydroxylation is 1. The molecule has 0 aliphatic rings. The van der Waals surface area contributed by atoms with E-state index in [4.69, 9.17) is 9.84 Å². The molecule has 0 amide bonds. The molecule has 1 heterocycles. The number of benzene rings is 1. The van der Waals surface area contributed by atoms with Crippen LogP contribution < -0.4 is 4.74 Å². The van der Waals surface area contributed by atoms with Gasteiger partial charge in [-0.3, -0.25) is 0 Å². The molecule has 1 N–H and O–H groups in total. The van der Waals surface area contributed by atoms with E-state index in [1.165, 1.54) is 0 Å². The lowest BCUT2D eigenvalue weighted by molar-refractivity contribution is 0.305. The Kier molecular flexibility index (Phi) is 6.54. The number of hydrogen-bond acceptors (Lipinski definition) is 6. The van der Waals surface area contributed by atoms with Gasteiger partial charge in [-0.1, -0.05) is 34.9 Å². The maximum atomic E-state index is 8.66. The lowest BCUT2D eigenvalue weighted by atomic mass is 10.2. The van der Waals surface area contributed by atoms with Gasteiger partial charge in [0.15, 0.2) is 4.34 Å². The number of thioether (sulfide) groups is 1. The van der Waals surface area contributed by atoms with E-state index in [9.17, 15) is 0 Å². The van der Waals surface area contributed by atoms with Crippen LogP contribution in [0.4, 0.5) is 0 Å². The molecule has 21 heavy (non-hydrogen) atoms. The van der Waals surface area contributed by atoms with Crippen LogP contribution in [-0.4, -0.2) is 34.3 Å². The predicted molar refractivity (Wildman–Crippen MR) is 85.9 cm³/mol. The Labute approximate surface area is 132 Å². The molecule has 0 aliphatic heterocycles. The summed E-state index contributed by atoms with van der Waals surface area (Å²) >= 11 is 3.25. The molecule has 2 aromatic rings. The molecule has 4 nitrogen and oxygen atoms in total. The lowest BCUT2D eigenvalue weighted by Gasteiger charge is -2.04. The molecular weight excluding hydrogens is 304 g/mol. The Morgan fingerprint density at radius 2 is 2.10 bits per heavy atom. The summed E-state index contributed by atoms with van der Waals surface area (Å²) in [6.07, 6.45) is 0.501. The quantitative estimate of drug-likeness (QED) is 0.504. The fourth-order valence-electron chi connectivity index (χ4n) is 1.48. The fourth-order valence-corrected chi connectivity index (χ4v) is 3.18. The van der Waals surface area contributed by atoms with E-state index < -0.39 is 0 Å². The molecule has 0 saturated heterocycles. The highest BCUT2D eigenvalue weighted by atomic mass is 32.2. The standard InChI is InChI=1S/C15H16N2O2S2/c1-12-16-17-15(21-12)20-11-10-19-14-7-5-13(6-8-14)4-2-3-9-18/h5-8,18H,3,9-11H2,1H3. The number of nitrogens with zero attached hydrogens (tertiary/aromatic N) is 2. The first-order valence-corrected chi connectivity index (χ1v) is 8.33. The van der Waals surface area contributed by atoms with Crippen molar-refractivity contribution in [1.82, 2.24) is 10.2 Å². The number of hydrogen-bond donors (Lipinski definition) is 1. The summed E-state index contributed by atoms with van der Waals surface area (Å²) in [7, 11) is 0. The van der Waals surface area contributed by atoms with Gasteiger partial charge in [0, 0.05) is 17.7 Å². The molecule has 0 unspecified atom stereocenters. The highest BCUT2D eigenvalue weighted by Gasteiger charge is 2.01. The molecule has 1 aromatic carbocycles. The van der Waals surface area contributed by atoms with Crippen LogP contribution in [0.5, 0.6) is 5.75 Å². The summed E-state index contributed by atoms with van der Waals surface area (Å²) in [5.74, 6) is 7.54. The zero-order valence-electron chi connectivity index (χ0n) is 11.7. The van der Waals surface area contributed by atoms with Crippen LogP contribution >= 0.6 is 23.1 Å². The predicted octanol–water partition coefficient (Wildman–Crippen LogP) is 2.75. The highest BCUT2D eigenvalue weighted by molar-refractivity contribution is 8.01. The zero-order chi connectivity index (χ0) is 14.9. The first-order valence-electron chi connectivity index (χ1n) is 6.53. The Hall–Kier alpha value is -1.55. The molecule has 0 fully saturated rings. The van der Waals surface area contributed by atoms with E-state index in [0.717, 1.165) is 26.4 Å². The topological polar surface area (TPSA) is 55.2 Å². The Morgan fingerprint density at radius 1 is 1.29 bits per heavy atom. The molecule has 2 rings (SSSR count). The van der Waals surface area contributed by atoms with Crippen molar-refractivity contribution in [3.8, 4) is 17.6 Å². The summed E-state index contributed by atoms with van der Waals surface area (Å²) in [5.41, 5.74) is 0.925. The molecule has 0 spiro atoms. The van der Waals surface area contributed by atoms with Gasteiger partial charge >= 0.3 is 0 Å². The fraction of sp³-hybridized carbons (Fsp3) is 0.333. The van der Waals surface area contributed by atoms with Gasteiger partial charge < -0.3 is 9.84 Å². The number of aliphatic hydroxyl groups excluding tert-OH is 1. The number of aliphatic hydroxyl groups is 1. The first-order chi connectivity index (χ1) is 10.3. The van der Waals surface area contributed by atoms with Gasteiger partial charge in [-0.25, -0.2) is 0 Å². The third kappa shape index (κ3) is 5.76. The van der Waals surface area contributed by atoms with E-state index >= 15 is 0 Å². The second-order valence-corrected chi connectivity index (χ2v) is 6.61. The van der Waals surface area contributed by atoms with Crippen molar-refractivity contribution in [2.45, 2.75) is 17.7 Å². The molecule has 0 aliphatic carbocycles. The van der Waals surface area contributed by atoms with Crippen molar-refractivity contribution in [3.63, 3.8) is 0 Å². The number of ether oxygens (including phenoxy) is 1. The SMILES string of the molecule is Cc1nnc(SCCOc2ccc(C#CCCO)cc2)s1. The van der Waals surface area contributed by atoms with Gasteiger partial charge in [-0.05, 0) is 31.2 Å². The minimum Gasteiger partial charge on any atom is -0.493 e. The molecule has 110 valence electrons. The van der Waals surface area contributed by atoms with Crippen LogP contribution in [0.25, 0.3) is 0 Å². The van der Waals surface area contributed by atoms with Crippen LogP contribution in [0.15, 0.2) is 28.6 Å². The Morgan fingerprint density at radius 3 is 2.76 bits per heavy atom. The third-order valence-electron chi connectivity index (χ3n) is 2.41. The number of rotatable bonds is 6. The van der Waals surface area contributed by atoms with Gasteiger partial charge in [0.25, 0.3) is 0 Å². The summed E-state index contributed by atoms with van der Waals surface area (Å²) in [6.45, 7) is 2.67. The summed E-state index contributed by atoms with van der Waals surface area (Å²) in [6, 6.07) is 7.65. The minimum atomic E-state index is 0.0972. The zero-order valence-corrected chi connectivity index (χ0v) is 13.3. The van der Waals surface area contributed by atoms with Gasteiger partial charge in [-0.2, -0.15) is 0 Å². The molecule has 0 atom stereocenters. The van der Waals surface area contributed by atoms with E-state index in [-0.39, 0.29) is 6.61 Å². The Balaban J connectivity index is 1.72. The molecule has 0 bridgehead atoms. The van der Waals surface area contributed by atoms with E-state index in [2.05, 4.69) is 22.0 Å². The average Bonchev–Trinajstić information content (AvgIpc) is 2.91. The average molecular weight is 320 g/mol. The molecule has 0 radical (unpaired) electrons. The summed E-state index contributed by atoms with van der Waals surface area (Å²) in [4.78, 5) is 0. The first kappa shape index (κ1) is 15.8. The molecular formula is C15H16N2O2S2. The molecule has 6 heteroatoms. The second kappa shape index (κ2) is 8.67. The van der Waals surface area contributed by atoms with Crippen molar-refractivity contribution >= 4 is 23.1 Å². The highest BCUT2D eigenvalue weighted by Crippen LogP contribution is 2.21. The van der Waals surface area contributed by atoms with Crippen molar-refractivity contribution in [2.75, 3.05) is 19.0 Å². The normalized spacial score (nSPS) is 10.0. The van der Waals surface area contributed by atoms with Gasteiger partial charge in [0.05, 0.1) is 13.2 Å². The van der Waals surface area contributed by atoms with E-state index in [0.29, 0.717) is 13.0 Å². The van der Waals surface area contributed by atoms with E-state index in [1.54, 1.807) is 23.1 Å². The Bertz CT molecular complexity index is 615. The minimum absolute atomic E-state index is 0.0972. The summed E-state index contributed by atoms with van der Waals surface area (Å²) in [5, 5.41) is 17.7. The van der Waals surface area contributed by atoms with Crippen LogP contribution in [0.2, 0.25) is 0 Å². The van der Waals surface area contributed by atoms with Gasteiger partial charge in [0.1, 0.15) is 10.8 Å². The second-order valence-electron chi connectivity index (χ2n) is 4.08. The maximum Gasteiger partial charge on any atom is 0.174 e. The maximum absolute atomic E-state index is 8.66. The van der Waals surface area contributed by atoms with Crippen molar-refractivity contribution in [3.05, 3.63) is 34.8 Å². The largest absolute Gasteiger partial charge is 0.493 e. The van der Waals surface area contributed by atoms with Crippen LogP contribution in [0.3, 0.4) is 0 Å². The lowest BCUT2D eigenvalue weighted by Crippen LogP contribution is -1.99. The smallest absolute Gasteiger partial charge is 0.174 e. The van der Waals surface area contributed by atoms with Crippen molar-refractivity contribution in [1.29, 1.82) is 0 Å². The third-order valence-corrected chi connectivity index (χ3v) is 4.35. The van der Waals surface area contributed by atoms with Crippen LogP contribution in [0, 0.1) is 18.8 Å². The molecule has 1 aromatic heterocycles. The van der Waals surface area contributed by atoms with Crippen LogP contribution in [0.1, 0.15) is 17.0 Å². The van der Waals surface area contributed by atoms with Gasteiger partial charge in [0.2, 0.25) is 0 Å².